The largest absolute Gasteiger partial charge is 0.506 e. The predicted molar refractivity (Wildman–Crippen MR) is 74.1 cm³/mol. The fraction of sp³-hybridized carbons (Fsp3) is 0.500. The van der Waals surface area contributed by atoms with E-state index in [1.807, 2.05) is 0 Å². The molecule has 0 bridgehead atoms. The molecule has 0 saturated carbocycles. The van der Waals surface area contributed by atoms with Crippen LogP contribution in [0.15, 0.2) is 16.6 Å². The van der Waals surface area contributed by atoms with Crippen LogP contribution >= 0.6 is 27.5 Å². The van der Waals surface area contributed by atoms with Gasteiger partial charge in [-0.05, 0) is 28.1 Å². The highest BCUT2D eigenvalue weighted by atomic mass is 79.9. The number of piperazine rings is 1. The second-order valence-electron chi connectivity index (χ2n) is 4.56. The lowest BCUT2D eigenvalue weighted by atomic mass is 10.0. The zero-order valence-corrected chi connectivity index (χ0v) is 12.7. The summed E-state index contributed by atoms with van der Waals surface area (Å²) >= 11 is 8.84. The van der Waals surface area contributed by atoms with Crippen LogP contribution in [0, 0.1) is 0 Å². The molecule has 1 fully saturated rings. The second kappa shape index (κ2) is 6.09. The maximum atomic E-state index is 13.4. The molecule has 20 heavy (non-hydrogen) atoms. The Morgan fingerprint density at radius 1 is 1.30 bits per heavy atom. The summed E-state index contributed by atoms with van der Waals surface area (Å²) in [4.78, 5) is 1.30. The van der Waals surface area contributed by atoms with E-state index >= 15 is 0 Å². The summed E-state index contributed by atoms with van der Waals surface area (Å²) in [7, 11) is 0. The molecule has 1 saturated heterocycles. The summed E-state index contributed by atoms with van der Waals surface area (Å²) in [5.74, 6) is -0.421. The van der Waals surface area contributed by atoms with Crippen LogP contribution in [-0.2, 0) is 0 Å². The van der Waals surface area contributed by atoms with Gasteiger partial charge in [-0.2, -0.15) is 13.2 Å². The Labute approximate surface area is 127 Å². The Morgan fingerprint density at radius 2 is 1.90 bits per heavy atom. The summed E-state index contributed by atoms with van der Waals surface area (Å²) in [5.41, 5.74) is -0.223. The van der Waals surface area contributed by atoms with Crippen LogP contribution in [0.5, 0.6) is 5.75 Å². The number of halogens is 5. The van der Waals surface area contributed by atoms with Crippen LogP contribution in [-0.4, -0.2) is 42.4 Å². The first-order valence-corrected chi connectivity index (χ1v) is 7.17. The maximum Gasteiger partial charge on any atom is 0.408 e. The van der Waals surface area contributed by atoms with Crippen LogP contribution in [0.2, 0.25) is 5.02 Å². The van der Waals surface area contributed by atoms with Crippen LogP contribution in [0.4, 0.5) is 13.2 Å². The topological polar surface area (TPSA) is 35.5 Å². The van der Waals surface area contributed by atoms with Gasteiger partial charge in [-0.15, -0.1) is 0 Å². The number of phenols is 1. The molecule has 1 heterocycles. The highest BCUT2D eigenvalue weighted by molar-refractivity contribution is 9.10. The van der Waals surface area contributed by atoms with Crippen molar-refractivity contribution in [1.82, 2.24) is 10.2 Å². The van der Waals surface area contributed by atoms with E-state index in [0.717, 1.165) is 0 Å². The lowest BCUT2D eigenvalue weighted by molar-refractivity contribution is -0.188. The van der Waals surface area contributed by atoms with E-state index in [1.165, 1.54) is 17.0 Å². The summed E-state index contributed by atoms with van der Waals surface area (Å²) in [5, 5.41) is 13.1. The minimum absolute atomic E-state index is 0.147. The summed E-state index contributed by atoms with van der Waals surface area (Å²) in [6.07, 6.45) is -4.49. The Bertz CT molecular complexity index is 492. The summed E-state index contributed by atoms with van der Waals surface area (Å²) in [6, 6.07) is 0.674. The lowest BCUT2D eigenvalue weighted by Gasteiger charge is -2.36. The van der Waals surface area contributed by atoms with E-state index in [9.17, 15) is 18.3 Å². The molecule has 3 nitrogen and oxygen atoms in total. The standard InChI is InChI=1S/C12H13BrClF3N2O/c13-9-6-7(14)5-8(10(9)20)11(12(15,16)17)19-3-1-18-2-4-19/h5-6,11,18,20H,1-4H2/t11-/m0/s1. The van der Waals surface area contributed by atoms with Gasteiger partial charge < -0.3 is 10.4 Å². The Hall–Kier alpha value is -0.500. The maximum absolute atomic E-state index is 13.4. The predicted octanol–water partition coefficient (Wildman–Crippen LogP) is 3.32. The number of rotatable bonds is 2. The number of nitrogens with one attached hydrogen (secondary N) is 1. The quantitative estimate of drug-likeness (QED) is 0.835. The molecule has 0 aliphatic carbocycles. The molecule has 2 rings (SSSR count). The highest BCUT2D eigenvalue weighted by Crippen LogP contribution is 2.44. The minimum atomic E-state index is -4.49. The van der Waals surface area contributed by atoms with Crippen LogP contribution in [0.25, 0.3) is 0 Å². The van der Waals surface area contributed by atoms with Gasteiger partial charge in [0, 0.05) is 36.8 Å². The number of nitrogens with zero attached hydrogens (tertiary/aromatic N) is 1. The van der Waals surface area contributed by atoms with Crippen molar-refractivity contribution in [2.45, 2.75) is 12.2 Å². The molecule has 1 atom stereocenters. The van der Waals surface area contributed by atoms with Gasteiger partial charge in [0.2, 0.25) is 0 Å². The third-order valence-corrected chi connectivity index (χ3v) is 4.00. The van der Waals surface area contributed by atoms with E-state index in [-0.39, 0.29) is 28.1 Å². The van der Waals surface area contributed by atoms with Crippen molar-refractivity contribution in [3.63, 3.8) is 0 Å². The molecule has 8 heteroatoms. The first-order chi connectivity index (χ1) is 9.30. The molecular formula is C12H13BrClF3N2O. The second-order valence-corrected chi connectivity index (χ2v) is 5.85. The monoisotopic (exact) mass is 372 g/mol. The van der Waals surface area contributed by atoms with Crippen molar-refractivity contribution in [2.24, 2.45) is 0 Å². The Morgan fingerprint density at radius 3 is 2.45 bits per heavy atom. The molecule has 2 N–H and O–H groups in total. The Balaban J connectivity index is 2.46. The van der Waals surface area contributed by atoms with Crippen molar-refractivity contribution in [3.8, 4) is 5.75 Å². The highest BCUT2D eigenvalue weighted by Gasteiger charge is 2.46. The van der Waals surface area contributed by atoms with Crippen molar-refractivity contribution < 1.29 is 18.3 Å². The lowest BCUT2D eigenvalue weighted by Crippen LogP contribution is -2.49. The number of aromatic hydroxyl groups is 1. The number of hydrogen-bond donors (Lipinski definition) is 2. The van der Waals surface area contributed by atoms with Crippen molar-refractivity contribution >= 4 is 27.5 Å². The molecule has 0 aromatic heterocycles. The molecule has 1 aromatic rings. The molecule has 0 amide bonds. The van der Waals surface area contributed by atoms with Gasteiger partial charge in [0.05, 0.1) is 4.47 Å². The van der Waals surface area contributed by atoms with Gasteiger partial charge in [0.15, 0.2) is 0 Å². The number of hydrogen-bond acceptors (Lipinski definition) is 3. The number of benzene rings is 1. The normalized spacial score (nSPS) is 19.1. The third-order valence-electron chi connectivity index (χ3n) is 3.18. The zero-order valence-electron chi connectivity index (χ0n) is 10.3. The molecule has 0 unspecified atom stereocenters. The minimum Gasteiger partial charge on any atom is -0.506 e. The molecular weight excluding hydrogens is 360 g/mol. The SMILES string of the molecule is Oc1c(Br)cc(Cl)cc1[C@H](N1CCNCC1)C(F)(F)F. The van der Waals surface area contributed by atoms with Crippen molar-refractivity contribution in [1.29, 1.82) is 0 Å². The van der Waals surface area contributed by atoms with E-state index in [4.69, 9.17) is 11.6 Å². The van der Waals surface area contributed by atoms with E-state index in [0.29, 0.717) is 13.1 Å². The smallest absolute Gasteiger partial charge is 0.408 e. The van der Waals surface area contributed by atoms with Crippen LogP contribution in [0.1, 0.15) is 11.6 Å². The number of alkyl halides is 3. The van der Waals surface area contributed by atoms with Gasteiger partial charge in [-0.3, -0.25) is 4.90 Å². The van der Waals surface area contributed by atoms with E-state index < -0.39 is 18.0 Å². The average Bonchev–Trinajstić information content (AvgIpc) is 2.35. The van der Waals surface area contributed by atoms with Gasteiger partial charge in [0.1, 0.15) is 11.8 Å². The van der Waals surface area contributed by atoms with Gasteiger partial charge >= 0.3 is 6.18 Å². The van der Waals surface area contributed by atoms with Crippen LogP contribution < -0.4 is 5.32 Å². The zero-order chi connectivity index (χ0) is 14.9. The van der Waals surface area contributed by atoms with Gasteiger partial charge in [-0.25, -0.2) is 0 Å². The van der Waals surface area contributed by atoms with Crippen molar-refractivity contribution in [2.75, 3.05) is 26.2 Å². The van der Waals surface area contributed by atoms with E-state index in [1.54, 1.807) is 0 Å². The Kier molecular flexibility index (Phi) is 4.84. The first kappa shape index (κ1) is 15.9. The molecule has 1 aromatic carbocycles. The molecule has 1 aliphatic rings. The first-order valence-electron chi connectivity index (χ1n) is 6.00. The fourth-order valence-electron chi connectivity index (χ4n) is 2.31. The van der Waals surface area contributed by atoms with Gasteiger partial charge in [-0.1, -0.05) is 11.6 Å². The van der Waals surface area contributed by atoms with Gasteiger partial charge in [0.25, 0.3) is 0 Å². The number of phenolic OH excluding ortho intramolecular Hbond substituents is 1. The third kappa shape index (κ3) is 3.39. The molecule has 0 radical (unpaired) electrons. The summed E-state index contributed by atoms with van der Waals surface area (Å²) in [6.45, 7) is 1.48. The molecule has 1 aliphatic heterocycles. The van der Waals surface area contributed by atoms with Crippen LogP contribution in [0.3, 0.4) is 0 Å². The average molecular weight is 374 g/mol. The molecule has 112 valence electrons. The van der Waals surface area contributed by atoms with E-state index in [2.05, 4.69) is 21.2 Å². The molecule has 0 spiro atoms. The van der Waals surface area contributed by atoms with Crippen molar-refractivity contribution in [3.05, 3.63) is 27.2 Å². The summed E-state index contributed by atoms with van der Waals surface area (Å²) < 4.78 is 40.4. The fourth-order valence-corrected chi connectivity index (χ4v) is 3.15.